The van der Waals surface area contributed by atoms with Gasteiger partial charge in [0.15, 0.2) is 5.82 Å². The number of nitrogens with zero attached hydrogens (tertiary/aromatic N) is 4. The molecule has 0 aliphatic heterocycles. The first kappa shape index (κ1) is 20.8. The van der Waals surface area contributed by atoms with Crippen LogP contribution in [-0.4, -0.2) is 39.8 Å². The molecule has 7 heteroatoms. The van der Waals surface area contributed by atoms with Gasteiger partial charge in [-0.2, -0.15) is 4.68 Å². The van der Waals surface area contributed by atoms with E-state index in [0.29, 0.717) is 18.1 Å². The minimum atomic E-state index is -0.208. The lowest BCUT2D eigenvalue weighted by Crippen LogP contribution is -2.40. The van der Waals surface area contributed by atoms with Crippen molar-refractivity contribution in [1.29, 1.82) is 0 Å². The Hall–Kier alpha value is -3.48. The molecular weight excluding hydrogens is 390 g/mol. The van der Waals surface area contributed by atoms with Crippen LogP contribution >= 0.6 is 0 Å². The van der Waals surface area contributed by atoms with Gasteiger partial charge in [0.1, 0.15) is 11.4 Å². The standard InChI is InChI=1S/C24H27N5O2/c1-18-26-27-28-29(18)22(16-19-9-8-12-21(15-19)31-2)23(30)25-17-24(13-6-7-14-24)20-10-4-3-5-11-20/h3-5,8-12,15-16H,6-7,13-14,17H2,1-2H3,(H,25,30)/b22-16-. The van der Waals surface area contributed by atoms with Gasteiger partial charge in [-0.3, -0.25) is 4.79 Å². The van der Waals surface area contributed by atoms with E-state index in [1.165, 1.54) is 23.1 Å². The molecule has 0 atom stereocenters. The normalized spacial score (nSPS) is 15.6. The molecule has 1 fully saturated rings. The predicted octanol–water partition coefficient (Wildman–Crippen LogP) is 3.62. The van der Waals surface area contributed by atoms with Crippen LogP contribution in [0.25, 0.3) is 11.8 Å². The Morgan fingerprint density at radius 1 is 1.16 bits per heavy atom. The lowest BCUT2D eigenvalue weighted by Gasteiger charge is -2.30. The molecule has 4 rings (SSSR count). The third kappa shape index (κ3) is 4.50. The van der Waals surface area contributed by atoms with Gasteiger partial charge in [0.25, 0.3) is 5.91 Å². The summed E-state index contributed by atoms with van der Waals surface area (Å²) in [6, 6.07) is 18.0. The monoisotopic (exact) mass is 417 g/mol. The molecule has 7 nitrogen and oxygen atoms in total. The number of hydrogen-bond acceptors (Lipinski definition) is 5. The van der Waals surface area contributed by atoms with E-state index in [-0.39, 0.29) is 11.3 Å². The Kier molecular flexibility index (Phi) is 6.11. The van der Waals surface area contributed by atoms with Gasteiger partial charge in [-0.15, -0.1) is 5.10 Å². The van der Waals surface area contributed by atoms with Crippen LogP contribution < -0.4 is 10.1 Å². The highest BCUT2D eigenvalue weighted by Crippen LogP contribution is 2.40. The zero-order valence-electron chi connectivity index (χ0n) is 17.9. The molecule has 31 heavy (non-hydrogen) atoms. The predicted molar refractivity (Wildman–Crippen MR) is 119 cm³/mol. The molecule has 0 saturated heterocycles. The third-order valence-electron chi connectivity index (χ3n) is 6.02. The van der Waals surface area contributed by atoms with Gasteiger partial charge in [-0.25, -0.2) is 0 Å². The molecule has 160 valence electrons. The molecule has 2 aromatic carbocycles. The SMILES string of the molecule is COc1cccc(/C=C(/C(=O)NCC2(c3ccccc3)CCCC2)n2nnnc2C)c1. The molecule has 1 amide bonds. The second-order valence-corrected chi connectivity index (χ2v) is 7.98. The van der Waals surface area contributed by atoms with Crippen LogP contribution in [0, 0.1) is 6.92 Å². The topological polar surface area (TPSA) is 81.9 Å². The van der Waals surface area contributed by atoms with Gasteiger partial charge < -0.3 is 10.1 Å². The van der Waals surface area contributed by atoms with Crippen molar-refractivity contribution in [2.75, 3.05) is 13.7 Å². The van der Waals surface area contributed by atoms with Crippen molar-refractivity contribution in [3.05, 3.63) is 71.5 Å². The van der Waals surface area contributed by atoms with Crippen LogP contribution in [0.2, 0.25) is 0 Å². The highest BCUT2D eigenvalue weighted by atomic mass is 16.5. The van der Waals surface area contributed by atoms with Crippen LogP contribution in [0.3, 0.4) is 0 Å². The molecule has 1 heterocycles. The summed E-state index contributed by atoms with van der Waals surface area (Å²) in [5.74, 6) is 1.05. The van der Waals surface area contributed by atoms with Gasteiger partial charge in [0.2, 0.25) is 0 Å². The summed E-state index contributed by atoms with van der Waals surface area (Å²) in [5.41, 5.74) is 2.45. The van der Waals surface area contributed by atoms with Crippen LogP contribution in [0.1, 0.15) is 42.6 Å². The van der Waals surface area contributed by atoms with Crippen LogP contribution in [-0.2, 0) is 10.2 Å². The highest BCUT2D eigenvalue weighted by molar-refractivity contribution is 6.18. The Balaban J connectivity index is 1.62. The van der Waals surface area contributed by atoms with E-state index in [9.17, 15) is 4.79 Å². The van der Waals surface area contributed by atoms with Crippen molar-refractivity contribution in [3.63, 3.8) is 0 Å². The Bertz CT molecular complexity index is 1070. The number of carbonyl (C=O) groups is 1. The molecule has 1 N–H and O–H groups in total. The Morgan fingerprint density at radius 2 is 1.94 bits per heavy atom. The van der Waals surface area contributed by atoms with Crippen molar-refractivity contribution in [2.24, 2.45) is 0 Å². The van der Waals surface area contributed by atoms with Crippen molar-refractivity contribution < 1.29 is 9.53 Å². The fraction of sp³-hybridized carbons (Fsp3) is 0.333. The minimum absolute atomic E-state index is 0.0341. The Labute approximate surface area is 182 Å². The fourth-order valence-corrected chi connectivity index (χ4v) is 4.32. The van der Waals surface area contributed by atoms with Crippen molar-refractivity contribution in [3.8, 4) is 5.75 Å². The molecule has 1 aliphatic carbocycles. The maximum absolute atomic E-state index is 13.4. The summed E-state index contributed by atoms with van der Waals surface area (Å²) >= 11 is 0. The van der Waals surface area contributed by atoms with E-state index < -0.39 is 0 Å². The van der Waals surface area contributed by atoms with Gasteiger partial charge in [-0.1, -0.05) is 55.3 Å². The van der Waals surface area contributed by atoms with Gasteiger partial charge in [-0.05, 0) is 59.5 Å². The van der Waals surface area contributed by atoms with E-state index in [1.807, 2.05) is 30.3 Å². The fourth-order valence-electron chi connectivity index (χ4n) is 4.32. The maximum Gasteiger partial charge on any atom is 0.270 e. The molecule has 1 saturated carbocycles. The number of aryl methyl sites for hydroxylation is 1. The molecule has 0 radical (unpaired) electrons. The largest absolute Gasteiger partial charge is 0.497 e. The molecule has 3 aromatic rings. The number of amides is 1. The number of carbonyl (C=O) groups excluding carboxylic acids is 1. The van der Waals surface area contributed by atoms with E-state index in [2.05, 4.69) is 45.1 Å². The summed E-state index contributed by atoms with van der Waals surface area (Å²) in [5, 5.41) is 14.9. The van der Waals surface area contributed by atoms with Crippen LogP contribution in [0.15, 0.2) is 54.6 Å². The second-order valence-electron chi connectivity index (χ2n) is 7.98. The number of methoxy groups -OCH3 is 1. The molecule has 0 bridgehead atoms. The highest BCUT2D eigenvalue weighted by Gasteiger charge is 2.36. The quantitative estimate of drug-likeness (QED) is 0.594. The zero-order chi connectivity index (χ0) is 21.7. The van der Waals surface area contributed by atoms with Crippen LogP contribution in [0.4, 0.5) is 0 Å². The molecule has 1 aromatic heterocycles. The molecule has 0 unspecified atom stereocenters. The number of tetrazole rings is 1. The lowest BCUT2D eigenvalue weighted by atomic mass is 9.79. The number of hydrogen-bond donors (Lipinski definition) is 1. The van der Waals surface area contributed by atoms with E-state index >= 15 is 0 Å². The number of ether oxygens (including phenoxy) is 1. The summed E-state index contributed by atoms with van der Waals surface area (Å²) < 4.78 is 6.78. The summed E-state index contributed by atoms with van der Waals surface area (Å²) in [4.78, 5) is 13.4. The van der Waals surface area contributed by atoms with Gasteiger partial charge >= 0.3 is 0 Å². The third-order valence-corrected chi connectivity index (χ3v) is 6.02. The average Bonchev–Trinajstić information content (AvgIpc) is 3.46. The van der Waals surface area contributed by atoms with Gasteiger partial charge in [0.05, 0.1) is 7.11 Å². The first-order valence-electron chi connectivity index (χ1n) is 10.6. The summed E-state index contributed by atoms with van der Waals surface area (Å²) in [7, 11) is 1.62. The summed E-state index contributed by atoms with van der Waals surface area (Å²) in [6.07, 6.45) is 6.25. The second kappa shape index (κ2) is 9.12. The zero-order valence-corrected chi connectivity index (χ0v) is 17.9. The molecule has 0 spiro atoms. The maximum atomic E-state index is 13.4. The summed E-state index contributed by atoms with van der Waals surface area (Å²) in [6.45, 7) is 2.35. The first-order chi connectivity index (χ1) is 15.1. The van der Waals surface area contributed by atoms with Crippen molar-refractivity contribution in [2.45, 2.75) is 38.0 Å². The van der Waals surface area contributed by atoms with Crippen LogP contribution in [0.5, 0.6) is 5.75 Å². The van der Waals surface area contributed by atoms with Crippen molar-refractivity contribution in [1.82, 2.24) is 25.5 Å². The van der Waals surface area contributed by atoms with E-state index in [4.69, 9.17) is 4.74 Å². The number of nitrogens with one attached hydrogen (secondary N) is 1. The number of rotatable bonds is 7. The lowest BCUT2D eigenvalue weighted by molar-refractivity contribution is -0.116. The average molecular weight is 418 g/mol. The molecule has 1 aliphatic rings. The smallest absolute Gasteiger partial charge is 0.270 e. The Morgan fingerprint density at radius 3 is 2.61 bits per heavy atom. The minimum Gasteiger partial charge on any atom is -0.497 e. The van der Waals surface area contributed by atoms with E-state index in [0.717, 1.165) is 24.2 Å². The van der Waals surface area contributed by atoms with E-state index in [1.54, 1.807) is 20.1 Å². The number of benzene rings is 2. The number of aromatic nitrogens is 4. The van der Waals surface area contributed by atoms with Gasteiger partial charge in [0, 0.05) is 12.0 Å². The van der Waals surface area contributed by atoms with Crippen molar-refractivity contribution >= 4 is 17.7 Å². The molecular formula is C24H27N5O2. The first-order valence-corrected chi connectivity index (χ1v) is 10.6.